The fourth-order valence-corrected chi connectivity index (χ4v) is 17.9. The van der Waals surface area contributed by atoms with Crippen molar-refractivity contribution in [2.45, 2.75) is 245 Å². The van der Waals surface area contributed by atoms with Gasteiger partial charge in [-0.3, -0.25) is 38.4 Å². The number of aliphatic hydroxyl groups excluding tert-OH is 9. The summed E-state index contributed by atoms with van der Waals surface area (Å²) in [4.78, 5) is 139. The van der Waals surface area contributed by atoms with Gasteiger partial charge in [-0.15, -0.1) is 0 Å². The molecular formula is C94H110Cl2N10O32. The molecule has 0 aromatic heterocycles. The van der Waals surface area contributed by atoms with Crippen LogP contribution in [-0.2, 0) is 68.5 Å². The zero-order chi connectivity index (χ0) is 98.9. The van der Waals surface area contributed by atoms with Crippen LogP contribution in [0.5, 0.6) is 69.0 Å². The third-order valence-corrected chi connectivity index (χ3v) is 25.4. The number of carbonyl (C=O) groups is 9. The third kappa shape index (κ3) is 23.1. The topological polar surface area (TPSA) is 654 Å². The Labute approximate surface area is 798 Å². The molecule has 42 nitrogen and oxygen atoms in total. The van der Waals surface area contributed by atoms with E-state index in [1.807, 2.05) is 6.92 Å². The molecule has 9 heterocycles. The summed E-state index contributed by atoms with van der Waals surface area (Å²) in [5.74, 6) is -19.0. The summed E-state index contributed by atoms with van der Waals surface area (Å²) in [6, 6.07) is 1.39. The van der Waals surface area contributed by atoms with Gasteiger partial charge in [0.25, 0.3) is 0 Å². The fraction of sp³-hybridized carbons (Fsp3) is 0.457. The van der Waals surface area contributed by atoms with Gasteiger partial charge < -0.3 is 168 Å². The Morgan fingerprint density at radius 1 is 0.486 bits per heavy atom. The van der Waals surface area contributed by atoms with E-state index in [-0.39, 0.29) is 57.5 Å². The molecule has 7 aromatic rings. The molecule has 3 fully saturated rings. The van der Waals surface area contributed by atoms with Gasteiger partial charge in [0.15, 0.2) is 35.3 Å². The highest BCUT2D eigenvalue weighted by molar-refractivity contribution is 6.32. The molecule has 0 aliphatic carbocycles. The molecule has 25 N–H and O–H groups in total. The number of aliphatic carboxylic acids is 1. The summed E-state index contributed by atoms with van der Waals surface area (Å²) >= 11 is 14.9. The van der Waals surface area contributed by atoms with Crippen LogP contribution in [0.25, 0.3) is 11.1 Å². The molecule has 0 radical (unpaired) electrons. The van der Waals surface area contributed by atoms with Crippen molar-refractivity contribution in [2.75, 3.05) is 26.3 Å². The summed E-state index contributed by atoms with van der Waals surface area (Å²) < 4.78 is 58.6. The van der Waals surface area contributed by atoms with Crippen LogP contribution in [0.1, 0.15) is 173 Å². The molecule has 0 unspecified atom stereocenters. The van der Waals surface area contributed by atoms with E-state index in [2.05, 4.69) is 54.8 Å². The van der Waals surface area contributed by atoms with Crippen LogP contribution in [-0.4, -0.2) is 255 Å². The van der Waals surface area contributed by atoms with Crippen molar-refractivity contribution in [1.29, 1.82) is 0 Å². The molecule has 9 aliphatic heterocycles. The normalized spacial score (nSPS) is 28.1. The lowest BCUT2D eigenvalue weighted by Crippen LogP contribution is -2.66. The Morgan fingerprint density at radius 3 is 1.70 bits per heavy atom. The fourth-order valence-electron chi connectivity index (χ4n) is 17.5. The van der Waals surface area contributed by atoms with Crippen molar-refractivity contribution in [3.05, 3.63) is 164 Å². The minimum atomic E-state index is -2.58. The van der Waals surface area contributed by atoms with Crippen LogP contribution >= 0.6 is 23.2 Å². The number of benzene rings is 7. The van der Waals surface area contributed by atoms with Crippen molar-refractivity contribution >= 4 is 76.4 Å². The predicted octanol–water partition coefficient (Wildman–Crippen LogP) is 3.34. The first kappa shape index (κ1) is 102. The number of halogens is 2. The van der Waals surface area contributed by atoms with Gasteiger partial charge in [-0.25, -0.2) is 4.79 Å². The Balaban J connectivity index is 1.04. The summed E-state index contributed by atoms with van der Waals surface area (Å²) in [5, 5.41) is 185. The van der Waals surface area contributed by atoms with Crippen molar-refractivity contribution in [1.82, 2.24) is 47.9 Å². The van der Waals surface area contributed by atoms with Crippen molar-refractivity contribution < 1.29 is 157 Å². The third-order valence-electron chi connectivity index (χ3n) is 24.8. The first-order chi connectivity index (χ1) is 66.0. The van der Waals surface area contributed by atoms with Gasteiger partial charge in [-0.05, 0) is 132 Å². The Morgan fingerprint density at radius 2 is 1.04 bits per heavy atom. The van der Waals surface area contributed by atoms with E-state index in [9.17, 15) is 90.7 Å². The minimum absolute atomic E-state index is 0.0381. The maximum Gasteiger partial charge on any atom is 0.330 e. The number of phenolic OH excluding ortho intramolecular Hbond substituents is 4. The number of fused-ring (bicyclic) bond motifs is 14. The number of carboxylic acid groups (broad SMARTS) is 1. The lowest BCUT2D eigenvalue weighted by atomic mass is 9.89. The van der Waals surface area contributed by atoms with E-state index in [1.54, 1.807) is 0 Å². The van der Waals surface area contributed by atoms with Gasteiger partial charge in [-0.2, -0.15) is 0 Å². The molecular weight excluding hydrogens is 1850 g/mol. The molecule has 17 bridgehead atoms. The Kier molecular flexibility index (Phi) is 33.1. The lowest BCUT2D eigenvalue weighted by Gasteiger charge is -2.44. The molecule has 7 aromatic carbocycles. The molecule has 0 saturated carbocycles. The molecule has 23 atom stereocenters. The number of aliphatic hydroxyl groups is 9. The number of hydrogen-bond donors (Lipinski definition) is 24. The highest BCUT2D eigenvalue weighted by Crippen LogP contribution is 2.51. The average molecular weight is 1960 g/mol. The molecule has 16 rings (SSSR count). The zero-order valence-electron chi connectivity index (χ0n) is 74.7. The Hall–Kier alpha value is -12.0. The second-order valence-electron chi connectivity index (χ2n) is 34.8. The Bertz CT molecular complexity index is 5670. The molecule has 3 saturated heterocycles. The van der Waals surface area contributed by atoms with Crippen molar-refractivity contribution in [3.63, 3.8) is 0 Å². The monoisotopic (exact) mass is 1960 g/mol. The summed E-state index contributed by atoms with van der Waals surface area (Å²) in [6.07, 6.45) is -19.4. The van der Waals surface area contributed by atoms with Crippen LogP contribution in [0.2, 0.25) is 10.0 Å². The van der Waals surface area contributed by atoms with Gasteiger partial charge in [0, 0.05) is 55.1 Å². The first-order valence-corrected chi connectivity index (χ1v) is 46.0. The number of rotatable bonds is 26. The standard InChI is InChI=1S/C94H110Cl2N10O32/c1-4-6-8-10-12-14-24-98-37-63-76(115)80(119)74(101-66(114)15-13-11-9-7-5-2)93(134-63)138-84-61-32-46-33-62(84)132-58-23-19-44(30-53(58)96)83(137-92-73(99-40(3)109)79(118)77(116)64(38-107)135-92)75-90(127)105-72(91(128)129)51-35-48(111)36-60(133-94-82(121)81(120)78(117)65(39-108)136-94)67(51)50-29-43(18-20-55(50)112)69(87(124)106-75)103-89(126)71(46)104-88(125)70-45-27-47(110)34-49(28-45)130-59-31-42(17-21-56(59)113)68(97)86(123)100-54(85(122)102-70)26-41-16-22-57(131-61)52(95)25-41/h16-23,25,27-36,54,63-65,68-83,92-94,98,107-108,110-113,115-121H,4-15,24,26,37-39,97H2,1-3H3,(H,99,109)(H,100,123)(H,101,114)(H,102,122)(H,103,126)(H,104,125)(H,105,127)(H,106,124)(H,128,129)/t54-,63-,64-,65-,68-,69-,70+,71-,72+,73-,74-,75+,76-,77-,78-,79-,80-,81+,82+,83-,92+,93+,94+/m1/s1. The average Bonchev–Trinajstić information content (AvgIpc) is 0.742. The highest BCUT2D eigenvalue weighted by Gasteiger charge is 2.52. The van der Waals surface area contributed by atoms with Crippen LogP contribution in [0.3, 0.4) is 0 Å². The van der Waals surface area contributed by atoms with Crippen molar-refractivity contribution in [3.8, 4) is 80.1 Å². The number of unbranched alkanes of at least 4 members (excludes halogenated alkanes) is 9. The number of nitrogens with two attached hydrogens (primary N) is 1. The molecule has 9 aliphatic rings. The number of ether oxygens (including phenoxy) is 9. The summed E-state index contributed by atoms with van der Waals surface area (Å²) in [6.45, 7) is 3.24. The van der Waals surface area contributed by atoms with Gasteiger partial charge in [0.2, 0.25) is 65.6 Å². The van der Waals surface area contributed by atoms with Crippen molar-refractivity contribution in [2.24, 2.45) is 5.73 Å². The van der Waals surface area contributed by atoms with Gasteiger partial charge in [0.05, 0.1) is 23.3 Å². The van der Waals surface area contributed by atoms with Crippen LogP contribution in [0.4, 0.5) is 0 Å². The predicted molar refractivity (Wildman–Crippen MR) is 483 cm³/mol. The lowest BCUT2D eigenvalue weighted by molar-refractivity contribution is -0.284. The number of nitrogens with one attached hydrogen (secondary N) is 9. The zero-order valence-corrected chi connectivity index (χ0v) is 76.2. The quantitative estimate of drug-likeness (QED) is 0.0346. The summed E-state index contributed by atoms with van der Waals surface area (Å²) in [7, 11) is 0. The highest BCUT2D eigenvalue weighted by atomic mass is 35.5. The molecule has 44 heteroatoms. The molecule has 138 heavy (non-hydrogen) atoms. The van der Waals surface area contributed by atoms with E-state index in [1.165, 1.54) is 30.3 Å². The number of hydrogen-bond acceptors (Lipinski definition) is 33. The first-order valence-electron chi connectivity index (χ1n) is 45.2. The minimum Gasteiger partial charge on any atom is -0.508 e. The van der Waals surface area contributed by atoms with Crippen LogP contribution < -0.4 is 77.3 Å². The number of carbonyl (C=O) groups excluding carboxylic acids is 8. The second kappa shape index (κ2) is 44.8. The van der Waals surface area contributed by atoms with E-state index < -0.39 is 298 Å². The largest absolute Gasteiger partial charge is 0.508 e. The molecule has 0 spiro atoms. The van der Waals surface area contributed by atoms with Gasteiger partial charge >= 0.3 is 5.97 Å². The number of phenols is 4. The number of amides is 8. The SMILES string of the molecule is CCCCCCCCNC[C@H]1O[C@@H](Oc2c3cc4cc2Oc2ccc(cc2Cl)[C@@H](O[C@@H]2O[C@H](CO)[C@@H](O)[C@H](O)[C@H]2NC(C)=O)[C@@H]2NC(=O)[C@H](NC(=O)[C@@H]4NC(=O)[C@H]4NC(=O)[C@@H](Cc5ccc(c(Cl)c5)O3)NC(=O)[C@H](N)c3ccc(O)c(c3)Oc3cc(O)cc4c3)c3ccc(O)c(c3)-c3c(O[C@H]4O[C@H](CO)[C@@H](O)[C@H](O)[C@@H]4O)cc(O)cc3[C@@H](C(=O)O)NC2=O)[C@H](NC(=O)CCCCCCC)[C@@H](O)[C@@H]1O. The van der Waals surface area contributed by atoms with Crippen LogP contribution in [0, 0.1) is 0 Å². The van der Waals surface area contributed by atoms with Gasteiger partial charge in [0.1, 0.15) is 156 Å². The smallest absolute Gasteiger partial charge is 0.330 e. The van der Waals surface area contributed by atoms with Gasteiger partial charge in [-0.1, -0.05) is 119 Å². The molecule has 742 valence electrons. The maximum atomic E-state index is 17.2. The number of aromatic hydroxyl groups is 4. The summed E-state index contributed by atoms with van der Waals surface area (Å²) in [5.41, 5.74) is 3.00. The van der Waals surface area contributed by atoms with E-state index in [0.717, 1.165) is 143 Å². The van der Waals surface area contributed by atoms with E-state index in [4.69, 9.17) is 71.6 Å². The maximum absolute atomic E-state index is 17.2. The second-order valence-corrected chi connectivity index (χ2v) is 35.6. The van der Waals surface area contributed by atoms with E-state index >= 15 is 24.0 Å². The number of carboxylic acids is 1. The molecule has 8 amide bonds. The van der Waals surface area contributed by atoms with E-state index in [0.29, 0.717) is 25.8 Å². The van der Waals surface area contributed by atoms with Crippen LogP contribution in [0.15, 0.2) is 115 Å².